The smallest absolute Gasteiger partial charge is 0.177 e. The van der Waals surface area contributed by atoms with Crippen molar-refractivity contribution in [2.24, 2.45) is 0 Å². The predicted octanol–water partition coefficient (Wildman–Crippen LogP) is 4.53. The molecule has 6 nitrogen and oxygen atoms in total. The number of nitriles is 1. The molecule has 0 radical (unpaired) electrons. The second kappa shape index (κ2) is 7.22. The summed E-state index contributed by atoms with van der Waals surface area (Å²) in [5, 5.41) is 23.7. The molecule has 0 saturated heterocycles. The van der Waals surface area contributed by atoms with Crippen LogP contribution in [0.15, 0.2) is 85.6 Å². The maximum Gasteiger partial charge on any atom is 0.177 e. The van der Waals surface area contributed by atoms with Gasteiger partial charge < -0.3 is 0 Å². The third-order valence-electron chi connectivity index (χ3n) is 5.07. The van der Waals surface area contributed by atoms with Crippen molar-refractivity contribution in [1.82, 2.24) is 24.8 Å². The zero-order valence-electron chi connectivity index (χ0n) is 16.0. The normalized spacial score (nSPS) is 12.0. The van der Waals surface area contributed by atoms with E-state index >= 15 is 0 Å². The molecule has 6 heteroatoms. The van der Waals surface area contributed by atoms with Gasteiger partial charge in [-0.2, -0.15) is 14.9 Å². The molecule has 0 bridgehead atoms. The molecule has 5 aromatic rings. The van der Waals surface area contributed by atoms with Gasteiger partial charge >= 0.3 is 0 Å². The molecule has 5 rings (SSSR count). The maximum atomic E-state index is 9.19. The van der Waals surface area contributed by atoms with Crippen molar-refractivity contribution in [2.75, 3.05) is 0 Å². The molecule has 0 aliphatic carbocycles. The van der Waals surface area contributed by atoms with Crippen molar-refractivity contribution in [2.45, 2.75) is 5.92 Å². The number of hydrogen-bond acceptors (Lipinski definition) is 5. The number of hydrogen-bond donors (Lipinski definition) is 0. The molecule has 0 amide bonds. The number of allylic oxidation sites excluding steroid dienone is 1. The molecule has 2 aromatic carbocycles. The highest BCUT2D eigenvalue weighted by Crippen LogP contribution is 2.28. The van der Waals surface area contributed by atoms with Crippen LogP contribution in [0.5, 0.6) is 0 Å². The van der Waals surface area contributed by atoms with Gasteiger partial charge in [0.1, 0.15) is 0 Å². The molecule has 30 heavy (non-hydrogen) atoms. The fraction of sp³-hybridized carbons (Fsp3) is 0.0417. The summed E-state index contributed by atoms with van der Waals surface area (Å²) in [6.45, 7) is 4.02. The molecule has 0 spiro atoms. The first-order valence-corrected chi connectivity index (χ1v) is 9.47. The van der Waals surface area contributed by atoms with E-state index < -0.39 is 0 Å². The van der Waals surface area contributed by atoms with Crippen LogP contribution in [0.25, 0.3) is 27.8 Å². The van der Waals surface area contributed by atoms with Crippen LogP contribution in [0, 0.1) is 11.3 Å². The van der Waals surface area contributed by atoms with Crippen molar-refractivity contribution in [1.29, 1.82) is 5.26 Å². The molecule has 142 valence electrons. The number of fused-ring (bicyclic) bond motifs is 2. The molecule has 3 heterocycles. The second-order valence-electron chi connectivity index (χ2n) is 6.91. The van der Waals surface area contributed by atoms with E-state index in [0.29, 0.717) is 17.0 Å². The van der Waals surface area contributed by atoms with E-state index in [-0.39, 0.29) is 5.92 Å². The molecule has 0 N–H and O–H groups in total. The molecule has 0 unspecified atom stereocenters. The number of benzene rings is 2. The highest BCUT2D eigenvalue weighted by atomic mass is 15.4. The first-order chi connectivity index (χ1) is 14.8. The van der Waals surface area contributed by atoms with Crippen LogP contribution in [-0.4, -0.2) is 24.8 Å². The van der Waals surface area contributed by atoms with Crippen molar-refractivity contribution in [3.05, 3.63) is 103 Å². The lowest BCUT2D eigenvalue weighted by atomic mass is 9.97. The summed E-state index contributed by atoms with van der Waals surface area (Å²) < 4.78 is 1.74. The van der Waals surface area contributed by atoms with Crippen molar-refractivity contribution in [3.8, 4) is 17.3 Å². The van der Waals surface area contributed by atoms with E-state index in [1.165, 1.54) is 0 Å². The van der Waals surface area contributed by atoms with Crippen LogP contribution < -0.4 is 0 Å². The Morgan fingerprint density at radius 3 is 2.80 bits per heavy atom. The summed E-state index contributed by atoms with van der Waals surface area (Å²) in [5.41, 5.74) is 4.83. The monoisotopic (exact) mass is 388 g/mol. The van der Waals surface area contributed by atoms with Gasteiger partial charge in [0.2, 0.25) is 0 Å². The van der Waals surface area contributed by atoms with E-state index in [9.17, 15) is 5.26 Å². The Hall–Kier alpha value is -4.37. The van der Waals surface area contributed by atoms with Gasteiger partial charge in [-0.3, -0.25) is 4.98 Å². The van der Waals surface area contributed by atoms with E-state index in [2.05, 4.69) is 33.9 Å². The van der Waals surface area contributed by atoms with Gasteiger partial charge in [-0.1, -0.05) is 30.3 Å². The van der Waals surface area contributed by atoms with Gasteiger partial charge in [-0.25, -0.2) is 0 Å². The average Bonchev–Trinajstić information content (AvgIpc) is 3.22. The van der Waals surface area contributed by atoms with Gasteiger partial charge in [0, 0.05) is 17.1 Å². The Morgan fingerprint density at radius 2 is 1.93 bits per heavy atom. The number of nitrogens with zero attached hydrogens (tertiary/aromatic N) is 6. The zero-order valence-corrected chi connectivity index (χ0v) is 16.0. The molecule has 1 atom stereocenters. The standard InChI is InChI=1S/C24H16N6/c1-2-20(17-8-9-21-19(14-17)7-4-12-26-21)24-28-27-23-11-10-22(29-30(23)24)18-6-3-5-16(13-18)15-25/h2-14,20H,1H2/t20-/m1/s1. The Balaban J connectivity index is 1.63. The molecule has 0 aliphatic heterocycles. The van der Waals surface area contributed by atoms with Gasteiger partial charge in [-0.05, 0) is 48.0 Å². The van der Waals surface area contributed by atoms with E-state index in [0.717, 1.165) is 27.7 Å². The van der Waals surface area contributed by atoms with Crippen LogP contribution in [0.3, 0.4) is 0 Å². The van der Waals surface area contributed by atoms with Crippen LogP contribution in [0.4, 0.5) is 0 Å². The SMILES string of the molecule is C=C[C@H](c1ccc2ncccc2c1)c1nnc2ccc(-c3cccc(C#N)c3)nn12. The van der Waals surface area contributed by atoms with Gasteiger partial charge in [0.15, 0.2) is 11.5 Å². The highest BCUT2D eigenvalue weighted by molar-refractivity contribution is 5.79. The summed E-state index contributed by atoms with van der Waals surface area (Å²) in [6, 6.07) is 23.4. The molecule has 0 saturated carbocycles. The predicted molar refractivity (Wildman–Crippen MR) is 115 cm³/mol. The zero-order chi connectivity index (χ0) is 20.5. The highest BCUT2D eigenvalue weighted by Gasteiger charge is 2.19. The second-order valence-corrected chi connectivity index (χ2v) is 6.91. The Morgan fingerprint density at radius 1 is 1.00 bits per heavy atom. The minimum absolute atomic E-state index is 0.183. The fourth-order valence-electron chi connectivity index (χ4n) is 3.58. The molecule has 0 aliphatic rings. The molecular weight excluding hydrogens is 372 g/mol. The third kappa shape index (κ3) is 2.99. The first kappa shape index (κ1) is 17.7. The first-order valence-electron chi connectivity index (χ1n) is 9.47. The molecule has 3 aromatic heterocycles. The number of pyridine rings is 1. The van der Waals surface area contributed by atoms with Crippen molar-refractivity contribution >= 4 is 16.6 Å². The van der Waals surface area contributed by atoms with Gasteiger partial charge in [0.25, 0.3) is 0 Å². The summed E-state index contributed by atoms with van der Waals surface area (Å²) in [4.78, 5) is 4.39. The quantitative estimate of drug-likeness (QED) is 0.423. The van der Waals surface area contributed by atoms with Crippen LogP contribution in [0.1, 0.15) is 22.9 Å². The summed E-state index contributed by atoms with van der Waals surface area (Å²) in [7, 11) is 0. The van der Waals surface area contributed by atoms with Crippen LogP contribution >= 0.6 is 0 Å². The Labute approximate surface area is 172 Å². The lowest BCUT2D eigenvalue weighted by Gasteiger charge is -2.12. The maximum absolute atomic E-state index is 9.19. The number of rotatable bonds is 4. The fourth-order valence-corrected chi connectivity index (χ4v) is 3.58. The van der Waals surface area contributed by atoms with Crippen molar-refractivity contribution < 1.29 is 0 Å². The molecule has 0 fully saturated rings. The third-order valence-corrected chi connectivity index (χ3v) is 5.07. The Kier molecular flexibility index (Phi) is 4.26. The van der Waals surface area contributed by atoms with E-state index in [1.807, 2.05) is 60.7 Å². The molecular formula is C24H16N6. The van der Waals surface area contributed by atoms with Crippen LogP contribution in [-0.2, 0) is 0 Å². The average molecular weight is 388 g/mol. The van der Waals surface area contributed by atoms with E-state index in [4.69, 9.17) is 5.10 Å². The van der Waals surface area contributed by atoms with Crippen LogP contribution in [0.2, 0.25) is 0 Å². The lowest BCUT2D eigenvalue weighted by Crippen LogP contribution is -2.06. The summed E-state index contributed by atoms with van der Waals surface area (Å²) >= 11 is 0. The topological polar surface area (TPSA) is 79.8 Å². The van der Waals surface area contributed by atoms with Gasteiger partial charge in [0.05, 0.1) is 28.8 Å². The number of aromatic nitrogens is 5. The van der Waals surface area contributed by atoms with Gasteiger partial charge in [-0.15, -0.1) is 16.8 Å². The minimum Gasteiger partial charge on any atom is -0.256 e. The largest absolute Gasteiger partial charge is 0.256 e. The minimum atomic E-state index is -0.183. The Bertz CT molecular complexity index is 1440. The van der Waals surface area contributed by atoms with E-state index in [1.54, 1.807) is 16.8 Å². The lowest BCUT2D eigenvalue weighted by molar-refractivity contribution is 0.795. The summed E-state index contributed by atoms with van der Waals surface area (Å²) in [5.74, 6) is 0.499. The summed E-state index contributed by atoms with van der Waals surface area (Å²) in [6.07, 6.45) is 3.63. The van der Waals surface area contributed by atoms with Crippen molar-refractivity contribution in [3.63, 3.8) is 0 Å².